The molecule has 0 aliphatic rings. The first-order valence-corrected chi connectivity index (χ1v) is 6.32. The Hall–Kier alpha value is -1.62. The van der Waals surface area contributed by atoms with E-state index in [-0.39, 0.29) is 24.3 Å². The van der Waals surface area contributed by atoms with Gasteiger partial charge in [-0.25, -0.2) is 4.39 Å². The number of ether oxygens (including phenoxy) is 1. The number of benzene rings is 1. The van der Waals surface area contributed by atoms with Crippen LogP contribution in [0.4, 0.5) is 4.39 Å². The van der Waals surface area contributed by atoms with Gasteiger partial charge in [-0.05, 0) is 37.5 Å². The van der Waals surface area contributed by atoms with Gasteiger partial charge in [0.2, 0.25) is 5.91 Å². The molecule has 0 saturated heterocycles. The van der Waals surface area contributed by atoms with Gasteiger partial charge >= 0.3 is 0 Å². The maximum atomic E-state index is 13.5. The number of carbonyl (C=O) groups is 1. The average Bonchev–Trinajstić information content (AvgIpc) is 2.38. The number of hydrogen-bond donors (Lipinski definition) is 2. The molecule has 0 heterocycles. The van der Waals surface area contributed by atoms with E-state index in [1.807, 2.05) is 0 Å². The highest BCUT2D eigenvalue weighted by Gasteiger charge is 2.12. The van der Waals surface area contributed by atoms with Gasteiger partial charge in [0.1, 0.15) is 0 Å². The van der Waals surface area contributed by atoms with Crippen molar-refractivity contribution in [3.05, 3.63) is 29.6 Å². The minimum absolute atomic E-state index is 0.0898. The molecule has 0 aliphatic carbocycles. The fraction of sp³-hybridized carbons (Fsp3) is 0.500. The molecule has 0 fully saturated rings. The second-order valence-corrected chi connectivity index (χ2v) is 4.36. The Balaban J connectivity index is 2.55. The van der Waals surface area contributed by atoms with Crippen LogP contribution in [0.25, 0.3) is 0 Å². The van der Waals surface area contributed by atoms with Crippen molar-refractivity contribution in [1.29, 1.82) is 0 Å². The van der Waals surface area contributed by atoms with Crippen LogP contribution in [0, 0.1) is 5.82 Å². The molecule has 0 radical (unpaired) electrons. The van der Waals surface area contributed by atoms with Crippen LogP contribution in [0.1, 0.15) is 37.8 Å². The summed E-state index contributed by atoms with van der Waals surface area (Å²) in [5.41, 5.74) is 0.689. The van der Waals surface area contributed by atoms with Gasteiger partial charge in [0.15, 0.2) is 11.6 Å². The molecule has 0 aliphatic heterocycles. The van der Waals surface area contributed by atoms with E-state index in [0.717, 1.165) is 0 Å². The summed E-state index contributed by atoms with van der Waals surface area (Å²) in [5.74, 6) is -0.358. The van der Waals surface area contributed by atoms with E-state index in [1.54, 1.807) is 19.1 Å². The van der Waals surface area contributed by atoms with Gasteiger partial charge in [-0.1, -0.05) is 6.07 Å². The molecule has 2 N–H and O–H groups in total. The van der Waals surface area contributed by atoms with Crippen LogP contribution in [0.5, 0.6) is 5.75 Å². The highest BCUT2D eigenvalue weighted by atomic mass is 19.1. The number of nitrogens with one attached hydrogen (secondary N) is 1. The normalized spacial score (nSPS) is 12.0. The van der Waals surface area contributed by atoms with Crippen molar-refractivity contribution in [1.82, 2.24) is 5.32 Å². The number of rotatable bonds is 7. The topological polar surface area (TPSA) is 58.6 Å². The van der Waals surface area contributed by atoms with Gasteiger partial charge in [0.05, 0.1) is 13.2 Å². The summed E-state index contributed by atoms with van der Waals surface area (Å²) >= 11 is 0. The van der Waals surface area contributed by atoms with Crippen molar-refractivity contribution < 1.29 is 19.0 Å². The standard InChI is InChI=1S/C14H20FNO3/c1-10(16-14(18)5-3-4-8-17)11-6-7-13(19-2)12(15)9-11/h6-7,9-10,17H,3-5,8H2,1-2H3,(H,16,18). The Bertz CT molecular complexity index is 423. The number of halogens is 1. The highest BCUT2D eigenvalue weighted by molar-refractivity contribution is 5.76. The first kappa shape index (κ1) is 15.4. The van der Waals surface area contributed by atoms with Gasteiger partial charge in [-0.3, -0.25) is 4.79 Å². The van der Waals surface area contributed by atoms with Crippen molar-refractivity contribution in [2.45, 2.75) is 32.2 Å². The van der Waals surface area contributed by atoms with Crippen LogP contribution >= 0.6 is 0 Å². The lowest BCUT2D eigenvalue weighted by atomic mass is 10.1. The Kier molecular flexibility index (Phi) is 6.29. The number of aliphatic hydroxyl groups is 1. The number of carbonyl (C=O) groups excluding carboxylic acids is 1. The number of aliphatic hydroxyl groups excluding tert-OH is 1. The molecule has 1 unspecified atom stereocenters. The lowest BCUT2D eigenvalue weighted by Crippen LogP contribution is -2.26. The minimum atomic E-state index is -0.443. The van der Waals surface area contributed by atoms with Gasteiger partial charge < -0.3 is 15.2 Å². The summed E-state index contributed by atoms with van der Waals surface area (Å²) in [7, 11) is 1.41. The summed E-state index contributed by atoms with van der Waals surface area (Å²) < 4.78 is 18.4. The Morgan fingerprint density at radius 1 is 1.47 bits per heavy atom. The van der Waals surface area contributed by atoms with Crippen LogP contribution < -0.4 is 10.1 Å². The SMILES string of the molecule is COc1ccc(C(C)NC(=O)CCCCO)cc1F. The Morgan fingerprint density at radius 3 is 2.79 bits per heavy atom. The van der Waals surface area contributed by atoms with Crippen LogP contribution in [-0.2, 0) is 4.79 Å². The summed E-state index contributed by atoms with van der Waals surface area (Å²) in [4.78, 5) is 11.6. The fourth-order valence-corrected chi connectivity index (χ4v) is 1.75. The molecular formula is C14H20FNO3. The molecule has 1 atom stereocenters. The molecule has 106 valence electrons. The average molecular weight is 269 g/mol. The minimum Gasteiger partial charge on any atom is -0.494 e. The zero-order valence-corrected chi connectivity index (χ0v) is 11.3. The summed E-state index contributed by atoms with van der Waals surface area (Å²) in [5, 5.41) is 11.4. The number of methoxy groups -OCH3 is 1. The smallest absolute Gasteiger partial charge is 0.220 e. The summed E-state index contributed by atoms with van der Waals surface area (Å²) in [6.07, 6.45) is 1.62. The Labute approximate surface area is 112 Å². The lowest BCUT2D eigenvalue weighted by Gasteiger charge is -2.15. The summed E-state index contributed by atoms with van der Waals surface area (Å²) in [6.45, 7) is 1.89. The van der Waals surface area contributed by atoms with Gasteiger partial charge in [-0.2, -0.15) is 0 Å². The van der Waals surface area contributed by atoms with E-state index in [9.17, 15) is 9.18 Å². The zero-order chi connectivity index (χ0) is 14.3. The van der Waals surface area contributed by atoms with Crippen LogP contribution in [0.2, 0.25) is 0 Å². The van der Waals surface area contributed by atoms with Crippen molar-refractivity contribution in [2.75, 3.05) is 13.7 Å². The van der Waals surface area contributed by atoms with E-state index in [1.165, 1.54) is 13.2 Å². The molecule has 1 amide bonds. The molecule has 19 heavy (non-hydrogen) atoms. The quantitative estimate of drug-likeness (QED) is 0.746. The maximum Gasteiger partial charge on any atom is 0.220 e. The molecule has 1 aromatic rings. The molecule has 1 aromatic carbocycles. The number of unbranched alkanes of at least 4 members (excludes halogenated alkanes) is 1. The first-order valence-electron chi connectivity index (χ1n) is 6.32. The van der Waals surface area contributed by atoms with Crippen LogP contribution in [0.15, 0.2) is 18.2 Å². The van der Waals surface area contributed by atoms with Crippen molar-refractivity contribution in [3.63, 3.8) is 0 Å². The largest absolute Gasteiger partial charge is 0.494 e. The number of amides is 1. The fourth-order valence-electron chi connectivity index (χ4n) is 1.75. The van der Waals surface area contributed by atoms with E-state index < -0.39 is 5.82 Å². The second-order valence-electron chi connectivity index (χ2n) is 4.36. The molecule has 0 spiro atoms. The monoisotopic (exact) mass is 269 g/mol. The highest BCUT2D eigenvalue weighted by Crippen LogP contribution is 2.21. The maximum absolute atomic E-state index is 13.5. The van der Waals surface area contributed by atoms with E-state index in [4.69, 9.17) is 9.84 Å². The second kappa shape index (κ2) is 7.74. The molecule has 0 saturated carbocycles. The summed E-state index contributed by atoms with van der Waals surface area (Å²) in [6, 6.07) is 4.36. The zero-order valence-electron chi connectivity index (χ0n) is 11.3. The third kappa shape index (κ3) is 4.87. The molecule has 1 rings (SSSR count). The van der Waals surface area contributed by atoms with E-state index in [0.29, 0.717) is 24.8 Å². The third-order valence-electron chi connectivity index (χ3n) is 2.87. The molecule has 0 aromatic heterocycles. The molecular weight excluding hydrogens is 249 g/mol. The van der Waals surface area contributed by atoms with E-state index >= 15 is 0 Å². The molecule has 0 bridgehead atoms. The predicted molar refractivity (Wildman–Crippen MR) is 70.4 cm³/mol. The van der Waals surface area contributed by atoms with Crippen LogP contribution in [-0.4, -0.2) is 24.7 Å². The van der Waals surface area contributed by atoms with Crippen molar-refractivity contribution in [2.24, 2.45) is 0 Å². The Morgan fingerprint density at radius 2 is 2.21 bits per heavy atom. The number of hydrogen-bond acceptors (Lipinski definition) is 3. The predicted octanol–water partition coefficient (Wildman–Crippen LogP) is 2.17. The van der Waals surface area contributed by atoms with Gasteiger partial charge in [0.25, 0.3) is 0 Å². The van der Waals surface area contributed by atoms with Gasteiger partial charge in [-0.15, -0.1) is 0 Å². The third-order valence-corrected chi connectivity index (χ3v) is 2.87. The lowest BCUT2D eigenvalue weighted by molar-refractivity contribution is -0.121. The van der Waals surface area contributed by atoms with Crippen LogP contribution in [0.3, 0.4) is 0 Å². The molecule has 5 heteroatoms. The van der Waals surface area contributed by atoms with Gasteiger partial charge in [0, 0.05) is 13.0 Å². The first-order chi connectivity index (χ1) is 9.08. The van der Waals surface area contributed by atoms with Crippen molar-refractivity contribution in [3.8, 4) is 5.75 Å². The molecule has 4 nitrogen and oxygen atoms in total. The van der Waals surface area contributed by atoms with E-state index in [2.05, 4.69) is 5.32 Å². The van der Waals surface area contributed by atoms with Crippen molar-refractivity contribution >= 4 is 5.91 Å².